The minimum atomic E-state index is -1.05. The summed E-state index contributed by atoms with van der Waals surface area (Å²) in [4.78, 5) is 10.8. The predicted molar refractivity (Wildman–Crippen MR) is 63.9 cm³/mol. The molecular weight excluding hydrogens is 216 g/mol. The Kier molecular flexibility index (Phi) is 2.87. The van der Waals surface area contributed by atoms with Gasteiger partial charge in [-0.15, -0.1) is 10.2 Å². The molecule has 0 aliphatic heterocycles. The van der Waals surface area contributed by atoms with E-state index in [1.165, 1.54) is 0 Å². The largest absolute Gasteiger partial charge is 0.476 e. The second-order valence-corrected chi connectivity index (χ2v) is 3.94. The maximum absolute atomic E-state index is 10.8. The molecule has 17 heavy (non-hydrogen) atoms. The van der Waals surface area contributed by atoms with Crippen molar-refractivity contribution in [3.8, 4) is 11.3 Å². The van der Waals surface area contributed by atoms with Crippen LogP contribution in [0.5, 0.6) is 0 Å². The predicted octanol–water partition coefficient (Wildman–Crippen LogP) is 2.46. The number of benzene rings is 1. The summed E-state index contributed by atoms with van der Waals surface area (Å²) < 4.78 is 0. The molecule has 0 aliphatic carbocycles. The van der Waals surface area contributed by atoms with Crippen LogP contribution in [0.1, 0.15) is 21.6 Å². The molecule has 2 rings (SSSR count). The number of aromatic carboxylic acids is 1. The normalized spacial score (nSPS) is 10.2. The number of carboxylic acids is 1. The molecular formula is C13H12N2O2. The molecule has 86 valence electrons. The lowest BCUT2D eigenvalue weighted by molar-refractivity contribution is 0.0688. The van der Waals surface area contributed by atoms with Crippen molar-refractivity contribution in [3.63, 3.8) is 0 Å². The van der Waals surface area contributed by atoms with E-state index >= 15 is 0 Å². The Morgan fingerprint density at radius 2 is 1.94 bits per heavy atom. The Morgan fingerprint density at radius 3 is 2.53 bits per heavy atom. The number of aryl methyl sites for hydroxylation is 2. The molecule has 4 nitrogen and oxygen atoms in total. The third-order valence-corrected chi connectivity index (χ3v) is 2.50. The van der Waals surface area contributed by atoms with Crippen LogP contribution in [0.3, 0.4) is 0 Å². The van der Waals surface area contributed by atoms with Crippen LogP contribution < -0.4 is 0 Å². The monoisotopic (exact) mass is 228 g/mol. The maximum Gasteiger partial charge on any atom is 0.356 e. The Morgan fingerprint density at radius 1 is 1.18 bits per heavy atom. The van der Waals surface area contributed by atoms with E-state index in [0.717, 1.165) is 11.1 Å². The first-order chi connectivity index (χ1) is 8.08. The minimum Gasteiger partial charge on any atom is -0.476 e. The average molecular weight is 228 g/mol. The van der Waals surface area contributed by atoms with E-state index in [4.69, 9.17) is 5.11 Å². The third kappa shape index (κ3) is 2.30. The Balaban J connectivity index is 2.48. The molecule has 1 aromatic carbocycles. The zero-order valence-corrected chi connectivity index (χ0v) is 9.64. The fraction of sp³-hybridized carbons (Fsp3) is 0.154. The van der Waals surface area contributed by atoms with E-state index in [2.05, 4.69) is 10.2 Å². The SMILES string of the molecule is Cc1cccc(-c2cc(C)c(C(=O)O)nn2)c1. The molecule has 0 fully saturated rings. The Hall–Kier alpha value is -2.23. The lowest BCUT2D eigenvalue weighted by Gasteiger charge is -2.04. The first kappa shape index (κ1) is 11.3. The molecule has 0 spiro atoms. The van der Waals surface area contributed by atoms with Gasteiger partial charge in [-0.3, -0.25) is 0 Å². The number of hydrogen-bond donors (Lipinski definition) is 1. The van der Waals surface area contributed by atoms with Crippen LogP contribution >= 0.6 is 0 Å². The molecule has 0 saturated carbocycles. The van der Waals surface area contributed by atoms with E-state index in [1.807, 2.05) is 31.2 Å². The molecule has 1 N–H and O–H groups in total. The quantitative estimate of drug-likeness (QED) is 0.857. The van der Waals surface area contributed by atoms with Gasteiger partial charge in [0.1, 0.15) is 0 Å². The Labute approximate surface area is 98.9 Å². The number of rotatable bonds is 2. The minimum absolute atomic E-state index is 0.00130. The summed E-state index contributed by atoms with van der Waals surface area (Å²) in [6.45, 7) is 3.72. The summed E-state index contributed by atoms with van der Waals surface area (Å²) in [6.07, 6.45) is 0. The zero-order chi connectivity index (χ0) is 12.4. The smallest absolute Gasteiger partial charge is 0.356 e. The molecule has 0 amide bonds. The van der Waals surface area contributed by atoms with Crippen LogP contribution in [0.2, 0.25) is 0 Å². The Bertz CT molecular complexity index is 579. The number of aromatic nitrogens is 2. The molecule has 0 aliphatic rings. The number of carboxylic acid groups (broad SMARTS) is 1. The van der Waals surface area contributed by atoms with Gasteiger partial charge in [0.05, 0.1) is 5.69 Å². The van der Waals surface area contributed by atoms with Crippen molar-refractivity contribution >= 4 is 5.97 Å². The van der Waals surface area contributed by atoms with Crippen molar-refractivity contribution in [2.45, 2.75) is 13.8 Å². The fourth-order valence-corrected chi connectivity index (χ4v) is 1.64. The van der Waals surface area contributed by atoms with Crippen molar-refractivity contribution in [1.82, 2.24) is 10.2 Å². The van der Waals surface area contributed by atoms with Crippen molar-refractivity contribution in [3.05, 3.63) is 47.2 Å². The van der Waals surface area contributed by atoms with E-state index in [-0.39, 0.29) is 5.69 Å². The molecule has 1 aromatic heterocycles. The van der Waals surface area contributed by atoms with E-state index in [1.54, 1.807) is 13.0 Å². The zero-order valence-electron chi connectivity index (χ0n) is 9.64. The summed E-state index contributed by atoms with van der Waals surface area (Å²) in [6, 6.07) is 9.59. The molecule has 0 saturated heterocycles. The van der Waals surface area contributed by atoms with Crippen LogP contribution in [0.25, 0.3) is 11.3 Å². The van der Waals surface area contributed by atoms with Gasteiger partial charge in [-0.1, -0.05) is 23.8 Å². The first-order valence-corrected chi connectivity index (χ1v) is 5.22. The van der Waals surface area contributed by atoms with Gasteiger partial charge in [-0.25, -0.2) is 4.79 Å². The van der Waals surface area contributed by atoms with Gasteiger partial charge < -0.3 is 5.11 Å². The van der Waals surface area contributed by atoms with Crippen molar-refractivity contribution in [1.29, 1.82) is 0 Å². The summed E-state index contributed by atoms with van der Waals surface area (Å²) in [5.41, 5.74) is 3.38. The van der Waals surface area contributed by atoms with Crippen molar-refractivity contribution in [2.24, 2.45) is 0 Å². The number of nitrogens with zero attached hydrogens (tertiary/aromatic N) is 2. The summed E-state index contributed by atoms with van der Waals surface area (Å²) >= 11 is 0. The van der Waals surface area contributed by atoms with Gasteiger partial charge in [0.25, 0.3) is 0 Å². The average Bonchev–Trinajstić information content (AvgIpc) is 2.28. The van der Waals surface area contributed by atoms with Crippen LogP contribution in [0, 0.1) is 13.8 Å². The molecule has 2 aromatic rings. The van der Waals surface area contributed by atoms with Crippen LogP contribution in [-0.4, -0.2) is 21.3 Å². The highest BCUT2D eigenvalue weighted by Crippen LogP contribution is 2.19. The molecule has 0 unspecified atom stereocenters. The lowest BCUT2D eigenvalue weighted by Crippen LogP contribution is -2.05. The van der Waals surface area contributed by atoms with Gasteiger partial charge in [0.15, 0.2) is 5.69 Å². The van der Waals surface area contributed by atoms with Gasteiger partial charge in [-0.2, -0.15) is 0 Å². The highest BCUT2D eigenvalue weighted by molar-refractivity contribution is 5.87. The fourth-order valence-electron chi connectivity index (χ4n) is 1.64. The molecule has 4 heteroatoms. The van der Waals surface area contributed by atoms with Crippen LogP contribution in [0.15, 0.2) is 30.3 Å². The van der Waals surface area contributed by atoms with E-state index in [0.29, 0.717) is 11.3 Å². The molecule has 0 radical (unpaired) electrons. The third-order valence-electron chi connectivity index (χ3n) is 2.50. The van der Waals surface area contributed by atoms with Crippen LogP contribution in [-0.2, 0) is 0 Å². The lowest BCUT2D eigenvalue weighted by atomic mass is 10.1. The number of carbonyl (C=O) groups is 1. The summed E-state index contributed by atoms with van der Waals surface area (Å²) in [5, 5.41) is 16.5. The molecule has 1 heterocycles. The van der Waals surface area contributed by atoms with E-state index in [9.17, 15) is 4.79 Å². The summed E-state index contributed by atoms with van der Waals surface area (Å²) in [7, 11) is 0. The van der Waals surface area contributed by atoms with Crippen molar-refractivity contribution < 1.29 is 9.90 Å². The molecule has 0 bridgehead atoms. The van der Waals surface area contributed by atoms with Crippen molar-refractivity contribution in [2.75, 3.05) is 0 Å². The maximum atomic E-state index is 10.8. The topological polar surface area (TPSA) is 63.1 Å². The standard InChI is InChI=1S/C13H12N2O2/c1-8-4-3-5-10(6-8)11-7-9(2)12(13(16)17)15-14-11/h3-7H,1-2H3,(H,16,17). The van der Waals surface area contributed by atoms with Gasteiger partial charge in [0, 0.05) is 5.56 Å². The summed E-state index contributed by atoms with van der Waals surface area (Å²) in [5.74, 6) is -1.05. The highest BCUT2D eigenvalue weighted by Gasteiger charge is 2.11. The van der Waals surface area contributed by atoms with Crippen LogP contribution in [0.4, 0.5) is 0 Å². The molecule has 0 atom stereocenters. The van der Waals surface area contributed by atoms with Gasteiger partial charge in [0.2, 0.25) is 0 Å². The van der Waals surface area contributed by atoms with E-state index < -0.39 is 5.97 Å². The van der Waals surface area contributed by atoms with Gasteiger partial charge in [-0.05, 0) is 31.5 Å². The second kappa shape index (κ2) is 4.33. The van der Waals surface area contributed by atoms with Gasteiger partial charge >= 0.3 is 5.97 Å². The first-order valence-electron chi connectivity index (χ1n) is 5.22. The number of hydrogen-bond acceptors (Lipinski definition) is 3. The highest BCUT2D eigenvalue weighted by atomic mass is 16.4. The second-order valence-electron chi connectivity index (χ2n) is 3.94.